The summed E-state index contributed by atoms with van der Waals surface area (Å²) in [6.07, 6.45) is 0.845. The summed E-state index contributed by atoms with van der Waals surface area (Å²) in [5, 5.41) is 9.20. The highest BCUT2D eigenvalue weighted by atomic mass is 16.7. The monoisotopic (exact) mass is 283 g/mol. The Morgan fingerprint density at radius 2 is 1.65 bits per heavy atom. The lowest BCUT2D eigenvalue weighted by atomic mass is 9.90. The van der Waals surface area contributed by atoms with E-state index in [1.54, 1.807) is 12.1 Å². The molecule has 0 unspecified atom stereocenters. The second kappa shape index (κ2) is 5.41. The zero-order chi connectivity index (χ0) is 15.8. The van der Waals surface area contributed by atoms with E-state index in [0.29, 0.717) is 6.54 Å². The number of carbonyl (C=O) groups is 1. The Labute approximate surface area is 122 Å². The molecule has 1 saturated heterocycles. The summed E-state index contributed by atoms with van der Waals surface area (Å²) in [4.78, 5) is 12.6. The van der Waals surface area contributed by atoms with Gasteiger partial charge in [-0.05, 0) is 48.5 Å². The second-order valence-corrected chi connectivity index (χ2v) is 7.12. The molecule has 1 amide bonds. The molecule has 1 fully saturated rings. The Kier molecular flexibility index (Phi) is 4.61. The highest BCUT2D eigenvalue weighted by Gasteiger charge is 2.50. The van der Waals surface area contributed by atoms with Crippen LogP contribution in [0.1, 0.15) is 48.5 Å². The molecule has 0 spiro atoms. The van der Waals surface area contributed by atoms with E-state index in [1.165, 1.54) is 4.90 Å². The van der Waals surface area contributed by atoms with Crippen LogP contribution in [0.3, 0.4) is 0 Å². The van der Waals surface area contributed by atoms with Crippen LogP contribution in [0.5, 0.6) is 0 Å². The zero-order valence-electron chi connectivity index (χ0n) is 13.6. The van der Waals surface area contributed by atoms with Crippen LogP contribution in [-0.2, 0) is 9.31 Å². The van der Waals surface area contributed by atoms with Crippen LogP contribution in [0.15, 0.2) is 12.1 Å². The first-order chi connectivity index (χ1) is 8.87. The van der Waals surface area contributed by atoms with Gasteiger partial charge in [-0.15, -0.1) is 0 Å². The largest absolute Gasteiger partial charge is 0.486 e. The van der Waals surface area contributed by atoms with Crippen molar-refractivity contribution in [1.82, 2.24) is 4.90 Å². The molecule has 114 valence electrons. The number of carboxylic acid groups (broad SMARTS) is 1. The van der Waals surface area contributed by atoms with Crippen molar-refractivity contribution in [2.75, 3.05) is 6.54 Å². The molecular formula is C14H26BNO4. The van der Waals surface area contributed by atoms with Crippen molar-refractivity contribution in [2.24, 2.45) is 0 Å². The molecule has 0 aromatic carbocycles. The van der Waals surface area contributed by atoms with Crippen LogP contribution in [0.25, 0.3) is 0 Å². The predicted octanol–water partition coefficient (Wildman–Crippen LogP) is 2.95. The Morgan fingerprint density at radius 3 is 2.00 bits per heavy atom. The van der Waals surface area contributed by atoms with E-state index in [0.717, 1.165) is 0 Å². The van der Waals surface area contributed by atoms with Gasteiger partial charge in [-0.1, -0.05) is 12.1 Å². The Morgan fingerprint density at radius 1 is 1.20 bits per heavy atom. The van der Waals surface area contributed by atoms with Crippen molar-refractivity contribution < 1.29 is 19.2 Å². The van der Waals surface area contributed by atoms with Crippen molar-refractivity contribution in [2.45, 2.75) is 65.2 Å². The molecule has 0 aromatic rings. The lowest BCUT2D eigenvalue weighted by Crippen LogP contribution is -2.45. The van der Waals surface area contributed by atoms with Gasteiger partial charge in [0.05, 0.1) is 11.2 Å². The lowest BCUT2D eigenvalue weighted by molar-refractivity contribution is 0.00578. The van der Waals surface area contributed by atoms with Crippen molar-refractivity contribution in [3.63, 3.8) is 0 Å². The highest BCUT2D eigenvalue weighted by Crippen LogP contribution is 2.36. The highest BCUT2D eigenvalue weighted by molar-refractivity contribution is 6.51. The fourth-order valence-corrected chi connectivity index (χ4v) is 1.88. The second-order valence-electron chi connectivity index (χ2n) is 7.12. The van der Waals surface area contributed by atoms with Crippen LogP contribution in [0, 0.1) is 0 Å². The molecule has 1 aliphatic heterocycles. The van der Waals surface area contributed by atoms with Gasteiger partial charge in [0.1, 0.15) is 0 Å². The van der Waals surface area contributed by atoms with Gasteiger partial charge in [-0.25, -0.2) is 4.79 Å². The summed E-state index contributed by atoms with van der Waals surface area (Å²) in [5.41, 5.74) is -1.19. The van der Waals surface area contributed by atoms with Crippen LogP contribution in [0.4, 0.5) is 4.79 Å². The summed E-state index contributed by atoms with van der Waals surface area (Å²) in [6, 6.07) is 0. The first-order valence-electron chi connectivity index (χ1n) is 6.90. The van der Waals surface area contributed by atoms with E-state index in [9.17, 15) is 9.90 Å². The summed E-state index contributed by atoms with van der Waals surface area (Å²) < 4.78 is 11.6. The van der Waals surface area contributed by atoms with Gasteiger partial charge < -0.3 is 14.4 Å². The third-order valence-corrected chi connectivity index (χ3v) is 3.89. The number of hydrogen-bond donors (Lipinski definition) is 1. The molecular weight excluding hydrogens is 257 g/mol. The van der Waals surface area contributed by atoms with E-state index in [4.69, 9.17) is 9.31 Å². The molecule has 1 N–H and O–H groups in total. The number of hydrogen-bond acceptors (Lipinski definition) is 3. The van der Waals surface area contributed by atoms with Crippen molar-refractivity contribution in [3.05, 3.63) is 12.1 Å². The van der Waals surface area contributed by atoms with Crippen LogP contribution in [0.2, 0.25) is 0 Å². The van der Waals surface area contributed by atoms with Gasteiger partial charge in [-0.2, -0.15) is 0 Å². The maximum absolute atomic E-state index is 11.2. The van der Waals surface area contributed by atoms with E-state index >= 15 is 0 Å². The van der Waals surface area contributed by atoms with Crippen molar-refractivity contribution in [1.29, 1.82) is 0 Å². The van der Waals surface area contributed by atoms with Gasteiger partial charge in [0.25, 0.3) is 0 Å². The first kappa shape index (κ1) is 17.0. The van der Waals surface area contributed by atoms with Gasteiger partial charge in [-0.3, -0.25) is 4.90 Å². The molecule has 1 heterocycles. The van der Waals surface area contributed by atoms with Gasteiger partial charge >= 0.3 is 13.2 Å². The molecule has 0 aliphatic carbocycles. The van der Waals surface area contributed by atoms with Crippen LogP contribution >= 0.6 is 0 Å². The van der Waals surface area contributed by atoms with Crippen molar-refractivity contribution in [3.8, 4) is 0 Å². The quantitative estimate of drug-likeness (QED) is 0.809. The van der Waals surface area contributed by atoms with Crippen molar-refractivity contribution >= 4 is 13.2 Å². The van der Waals surface area contributed by atoms with Crippen LogP contribution in [-0.4, -0.2) is 46.5 Å². The van der Waals surface area contributed by atoms with Gasteiger partial charge in [0, 0.05) is 12.1 Å². The van der Waals surface area contributed by atoms with E-state index in [1.807, 2.05) is 48.5 Å². The SMILES string of the molecule is CC(C)(C)N(C/C=C/B1OC(C)(C)C(C)(C)O1)C(=O)O. The van der Waals surface area contributed by atoms with E-state index in [-0.39, 0.29) is 11.2 Å². The minimum atomic E-state index is -0.934. The summed E-state index contributed by atoms with van der Waals surface area (Å²) in [7, 11) is -0.435. The summed E-state index contributed by atoms with van der Waals surface area (Å²) in [5.74, 6) is 1.78. The topological polar surface area (TPSA) is 59.0 Å². The molecule has 0 saturated carbocycles. The normalized spacial score (nSPS) is 21.4. The maximum atomic E-state index is 11.2. The maximum Gasteiger partial charge on any atom is 0.486 e. The first-order valence-corrected chi connectivity index (χ1v) is 6.90. The molecule has 20 heavy (non-hydrogen) atoms. The van der Waals surface area contributed by atoms with Gasteiger partial charge in [0.15, 0.2) is 0 Å². The predicted molar refractivity (Wildman–Crippen MR) is 79.7 cm³/mol. The van der Waals surface area contributed by atoms with E-state index < -0.39 is 18.8 Å². The molecule has 1 aliphatic rings. The van der Waals surface area contributed by atoms with Gasteiger partial charge in [0.2, 0.25) is 0 Å². The molecule has 6 heteroatoms. The third-order valence-electron chi connectivity index (χ3n) is 3.89. The Balaban J connectivity index is 2.65. The average molecular weight is 283 g/mol. The number of rotatable bonds is 3. The minimum Gasteiger partial charge on any atom is -0.465 e. The summed E-state index contributed by atoms with van der Waals surface area (Å²) in [6.45, 7) is 13.8. The molecule has 0 atom stereocenters. The Bertz CT molecular complexity index is 382. The number of nitrogens with zero attached hydrogens (tertiary/aromatic N) is 1. The number of amides is 1. The molecule has 1 rings (SSSR count). The minimum absolute atomic E-state index is 0.308. The fraction of sp³-hybridized carbons (Fsp3) is 0.786. The Hall–Kier alpha value is -1.01. The fourth-order valence-electron chi connectivity index (χ4n) is 1.88. The average Bonchev–Trinajstić information content (AvgIpc) is 2.39. The molecule has 0 aromatic heterocycles. The standard InChI is InChI=1S/C14H26BNO4/c1-12(2,3)16(11(17)18)10-8-9-15-19-13(4,5)14(6,7)20-15/h8-9H,10H2,1-7H3,(H,17,18)/b9-8+. The lowest BCUT2D eigenvalue weighted by Gasteiger charge is -2.32. The summed E-state index contributed by atoms with van der Waals surface area (Å²) >= 11 is 0. The van der Waals surface area contributed by atoms with E-state index in [2.05, 4.69) is 0 Å². The van der Waals surface area contributed by atoms with Crippen LogP contribution < -0.4 is 0 Å². The third kappa shape index (κ3) is 3.76. The smallest absolute Gasteiger partial charge is 0.465 e. The molecule has 0 radical (unpaired) electrons. The zero-order valence-corrected chi connectivity index (χ0v) is 13.6. The molecule has 5 nitrogen and oxygen atoms in total. The molecule has 0 bridgehead atoms.